The molecule has 10 aromatic carbocycles. The zero-order chi connectivity index (χ0) is 90.9. The van der Waals surface area contributed by atoms with Gasteiger partial charge in [-0.2, -0.15) is 0 Å². The second kappa shape index (κ2) is 49.2. The molecule has 0 bridgehead atoms. The number of rotatable bonds is 22. The van der Waals surface area contributed by atoms with Gasteiger partial charge in [-0.25, -0.2) is 19.2 Å². The molecule has 5 aliphatic carbocycles. The van der Waals surface area contributed by atoms with Gasteiger partial charge in [0.05, 0.1) is 65.2 Å². The lowest BCUT2D eigenvalue weighted by atomic mass is 9.82. The Morgan fingerprint density at radius 2 is 0.453 bits per heavy atom. The zero-order valence-electron chi connectivity index (χ0n) is 75.8. The third kappa shape index (κ3) is 32.2. The van der Waals surface area contributed by atoms with E-state index in [2.05, 4.69) is 76.2 Å². The van der Waals surface area contributed by atoms with Crippen LogP contribution in [-0.4, -0.2) is 72.7 Å². The van der Waals surface area contributed by atoms with Gasteiger partial charge in [0.2, 0.25) is 0 Å². The van der Waals surface area contributed by atoms with Gasteiger partial charge in [-0.05, 0) is 341 Å². The lowest BCUT2D eigenvalue weighted by Gasteiger charge is -2.28. The first-order chi connectivity index (χ1) is 61.7. The molecule has 0 radical (unpaired) electrons. The monoisotopic (exact) mass is 1730 g/mol. The Kier molecular flexibility index (Phi) is 37.0. The lowest BCUT2D eigenvalue weighted by Crippen LogP contribution is -2.30. The molecule has 672 valence electrons. The number of esters is 8. The summed E-state index contributed by atoms with van der Waals surface area (Å²) < 4.78 is 55.7. The van der Waals surface area contributed by atoms with Crippen LogP contribution in [0.1, 0.15) is 234 Å². The molecule has 0 aliphatic heterocycles. The molecule has 5 aliphatic rings. The molecule has 0 amide bonds. The minimum Gasteiger partial charge on any atom is -0.493 e. The summed E-state index contributed by atoms with van der Waals surface area (Å²) in [5, 5.41) is 0. The van der Waals surface area contributed by atoms with Crippen LogP contribution in [0.4, 0.5) is 0 Å². The summed E-state index contributed by atoms with van der Waals surface area (Å²) in [4.78, 5) is 97.8. The highest BCUT2D eigenvalue weighted by Crippen LogP contribution is 2.36. The Labute approximate surface area is 755 Å². The molecule has 15 rings (SSSR count). The van der Waals surface area contributed by atoms with Crippen LogP contribution in [0.2, 0.25) is 0 Å². The van der Waals surface area contributed by atoms with E-state index < -0.39 is 11.9 Å². The van der Waals surface area contributed by atoms with Gasteiger partial charge in [0, 0.05) is 0 Å². The van der Waals surface area contributed by atoms with Crippen LogP contribution >= 0.6 is 0 Å². The number of hydrogen-bond acceptors (Lipinski definition) is 18. The minimum atomic E-state index is -0.437. The number of aryl methyl sites for hydroxylation is 8. The molecule has 0 atom stereocenters. The smallest absolute Gasteiger partial charge is 0.343 e. The maximum atomic E-state index is 12.3. The van der Waals surface area contributed by atoms with Crippen LogP contribution in [-0.2, 0) is 40.0 Å². The summed E-state index contributed by atoms with van der Waals surface area (Å²) in [5.41, 5.74) is 12.5. The van der Waals surface area contributed by atoms with E-state index in [1.807, 2.05) is 114 Å². The highest BCUT2D eigenvalue weighted by Gasteiger charge is 2.34. The average Bonchev–Trinajstić information content (AvgIpc) is 1.58. The maximum absolute atomic E-state index is 12.3. The quantitative estimate of drug-likeness (QED) is 0.0453. The summed E-state index contributed by atoms with van der Waals surface area (Å²) in [6.45, 7) is 22.1. The van der Waals surface area contributed by atoms with Crippen molar-refractivity contribution in [3.05, 3.63) is 315 Å². The highest BCUT2D eigenvalue weighted by molar-refractivity contribution is 5.92. The van der Waals surface area contributed by atoms with Crippen LogP contribution in [0.15, 0.2) is 243 Å². The predicted molar refractivity (Wildman–Crippen MR) is 495 cm³/mol. The predicted octanol–water partition coefficient (Wildman–Crippen LogP) is 24.6. The van der Waals surface area contributed by atoms with Gasteiger partial charge in [-0.1, -0.05) is 168 Å². The van der Waals surface area contributed by atoms with Gasteiger partial charge in [-0.15, -0.1) is 0 Å². The van der Waals surface area contributed by atoms with Crippen LogP contribution < -0.4 is 33.2 Å². The first-order valence-corrected chi connectivity index (χ1v) is 45.4. The van der Waals surface area contributed by atoms with E-state index in [-0.39, 0.29) is 71.7 Å². The van der Waals surface area contributed by atoms with Gasteiger partial charge in [0.25, 0.3) is 0 Å². The van der Waals surface area contributed by atoms with Crippen LogP contribution in [0.3, 0.4) is 0 Å². The summed E-state index contributed by atoms with van der Waals surface area (Å²) in [7, 11) is 0. The topological polar surface area (TPSA) is 229 Å². The molecule has 0 aromatic heterocycles. The first kappa shape index (κ1) is 96.4. The minimum absolute atomic E-state index is 0.00904. The van der Waals surface area contributed by atoms with Crippen molar-refractivity contribution in [1.82, 2.24) is 0 Å². The fourth-order valence-corrected chi connectivity index (χ4v) is 15.7. The normalized spacial score (nSPS) is 19.8. The number of ether oxygens (including phenoxy) is 10. The molecule has 18 heteroatoms. The number of carbonyl (C=O) groups is 8. The molecule has 10 aromatic rings. The fraction of sp³-hybridized carbons (Fsp3) is 0.382. The van der Waals surface area contributed by atoms with Crippen molar-refractivity contribution in [2.24, 2.45) is 41.4 Å². The van der Waals surface area contributed by atoms with E-state index in [0.717, 1.165) is 117 Å². The zero-order valence-corrected chi connectivity index (χ0v) is 75.8. The van der Waals surface area contributed by atoms with Crippen molar-refractivity contribution in [1.29, 1.82) is 0 Å². The van der Waals surface area contributed by atoms with Crippen LogP contribution in [0.25, 0.3) is 0 Å². The Morgan fingerprint density at radius 1 is 0.234 bits per heavy atom. The molecule has 5 saturated carbocycles. The van der Waals surface area contributed by atoms with Crippen molar-refractivity contribution >= 4 is 47.8 Å². The van der Waals surface area contributed by atoms with Crippen molar-refractivity contribution in [3.63, 3.8) is 0 Å². The highest BCUT2D eigenvalue weighted by atomic mass is 16.6. The van der Waals surface area contributed by atoms with E-state index in [4.69, 9.17) is 47.4 Å². The van der Waals surface area contributed by atoms with Gasteiger partial charge in [0.1, 0.15) is 52.5 Å². The van der Waals surface area contributed by atoms with Gasteiger partial charge < -0.3 is 47.4 Å². The molecular weight excluding hydrogens is 1610 g/mol. The third-order valence-corrected chi connectivity index (χ3v) is 24.3. The second-order valence-electron chi connectivity index (χ2n) is 35.2. The van der Waals surface area contributed by atoms with Crippen molar-refractivity contribution in [2.75, 3.05) is 6.61 Å². The van der Waals surface area contributed by atoms with E-state index in [0.29, 0.717) is 132 Å². The van der Waals surface area contributed by atoms with Crippen molar-refractivity contribution < 1.29 is 85.7 Å². The van der Waals surface area contributed by atoms with Gasteiger partial charge >= 0.3 is 47.8 Å². The van der Waals surface area contributed by atoms with Crippen LogP contribution in [0.5, 0.6) is 40.2 Å². The SMILES string of the molecule is Cc1ccc(C(=O)OC2CCC(OC(=O)c3ccc(C)cc3)CC2)cc1.Cc1ccc(C(=O)Oc2ccc(OC(=O)C3CCC(C)CC3)cc2)cc1.Cc1ccc(COC2CCC(COc3ccc(C)cc3)CC2)cc1.Cc1ccc(OC(=O)C2CCC(C(=O)Oc3ccc(C)cc3)CC2)cc1.Cc1ccc(OC(=O)c2ccc(OC(=O)C3CCC(C)CC3)cc2)cc1. The van der Waals surface area contributed by atoms with E-state index in [1.165, 1.54) is 29.5 Å². The molecule has 0 saturated heterocycles. The van der Waals surface area contributed by atoms with Crippen LogP contribution in [0, 0.1) is 96.8 Å². The Morgan fingerprint density at radius 3 is 0.750 bits per heavy atom. The van der Waals surface area contributed by atoms with E-state index in [1.54, 1.807) is 121 Å². The van der Waals surface area contributed by atoms with Gasteiger partial charge in [-0.3, -0.25) is 19.2 Å². The molecule has 0 unspecified atom stereocenters. The number of hydrogen-bond donors (Lipinski definition) is 0. The molecule has 128 heavy (non-hydrogen) atoms. The maximum Gasteiger partial charge on any atom is 0.343 e. The summed E-state index contributed by atoms with van der Waals surface area (Å²) in [6, 6.07) is 74.1. The van der Waals surface area contributed by atoms with E-state index in [9.17, 15) is 38.4 Å². The largest absolute Gasteiger partial charge is 0.493 e. The second-order valence-corrected chi connectivity index (χ2v) is 35.2. The van der Waals surface area contributed by atoms with Crippen molar-refractivity contribution in [3.8, 4) is 40.2 Å². The molecule has 18 nitrogen and oxygen atoms in total. The molecule has 5 fully saturated rings. The third-order valence-electron chi connectivity index (χ3n) is 24.3. The van der Waals surface area contributed by atoms with Gasteiger partial charge in [0.15, 0.2) is 0 Å². The summed E-state index contributed by atoms with van der Waals surface area (Å²) in [5.74, 6) is 3.52. The molecular formula is C110H124O18. The average molecular weight is 1730 g/mol. The first-order valence-electron chi connectivity index (χ1n) is 45.4. The number of carbonyl (C=O) groups excluding carboxylic acids is 8. The standard InChI is InChI=1S/4C22H24O4.C22H28O2/c1-15-3-11-19(12-4-15)25-21(23)17-7-9-18(10-8-17)22(24)26-20-13-5-16(2)6-14-20;1-15-3-7-17(8-4-15)21(23)26-20-13-9-18(10-14-20)22(24)25-19-11-5-16(2)6-12-19;2*1-15-3-7-17(8-4-15)21(23)25-19-11-13-20(14-12-19)26-22(24)18-9-5-16(2)6-10-18;1-17-3-7-19(8-4-17)15-24-22-13-9-20(10-14-22)16-23-21-11-5-18(2)6-12-21/h3-6,11-14,17-18H,7-10H2,1-2H3;5-6,9-15,17H,3-4,7-8H2,1-2H3;3-4,7-8,11-14,16,18H,5-6,9-10H2,1-2H3;3-10,19-20H,11-14H2,1-2H3;3-8,11-12,20,22H,9-10,13-16H2,1-2H3. The summed E-state index contributed by atoms with van der Waals surface area (Å²) >= 11 is 0. The Bertz CT molecular complexity index is 4950. The molecule has 0 N–H and O–H groups in total. The number of benzene rings is 10. The van der Waals surface area contributed by atoms with E-state index >= 15 is 0 Å². The Balaban J connectivity index is 0.000000155. The van der Waals surface area contributed by atoms with Crippen molar-refractivity contribution in [2.45, 2.75) is 223 Å². The molecule has 0 spiro atoms. The summed E-state index contributed by atoms with van der Waals surface area (Å²) in [6.07, 6.45) is 18.2. The lowest BCUT2D eigenvalue weighted by molar-refractivity contribution is -0.145. The fourth-order valence-electron chi connectivity index (χ4n) is 15.7. The Hall–Kier alpha value is -12.3. The molecule has 0 heterocycles.